The molecule has 136 valence electrons. The predicted octanol–water partition coefficient (Wildman–Crippen LogP) is 1.42. The molecule has 1 amide bonds. The van der Waals surface area contributed by atoms with E-state index in [0.29, 0.717) is 26.3 Å². The van der Waals surface area contributed by atoms with E-state index in [-0.39, 0.29) is 12.5 Å². The Morgan fingerprint density at radius 3 is 2.92 bits per heavy atom. The van der Waals surface area contributed by atoms with Crippen LogP contribution in [0.4, 0.5) is 11.5 Å². The normalized spacial score (nSPS) is 24.0. The maximum atomic E-state index is 12.4. The van der Waals surface area contributed by atoms with E-state index in [9.17, 15) is 4.79 Å². The molecule has 0 radical (unpaired) electrons. The summed E-state index contributed by atoms with van der Waals surface area (Å²) in [6, 6.07) is 9.70. The number of carbonyl (C=O) groups excluding carboxylic acids is 1. The Balaban J connectivity index is 1.60. The number of amides is 1. The zero-order valence-corrected chi connectivity index (χ0v) is 14.8. The fourth-order valence-electron chi connectivity index (χ4n) is 3.45. The van der Waals surface area contributed by atoms with Gasteiger partial charge in [0.05, 0.1) is 38.2 Å². The van der Waals surface area contributed by atoms with Gasteiger partial charge in [0.25, 0.3) is 5.91 Å². The summed E-state index contributed by atoms with van der Waals surface area (Å²) in [6.07, 6.45) is 3.40. The molecule has 7 heteroatoms. The first kappa shape index (κ1) is 16.9. The third kappa shape index (κ3) is 3.40. The highest BCUT2D eigenvalue weighted by Gasteiger charge is 2.43. The monoisotopic (exact) mass is 354 g/mol. The number of morpholine rings is 1. The van der Waals surface area contributed by atoms with E-state index >= 15 is 0 Å². The molecule has 0 aliphatic carbocycles. The molecule has 2 aromatic heterocycles. The maximum Gasteiger partial charge on any atom is 0.253 e. The van der Waals surface area contributed by atoms with Crippen LogP contribution in [0.1, 0.15) is 5.69 Å². The summed E-state index contributed by atoms with van der Waals surface area (Å²) in [6.45, 7) is 4.84. The van der Waals surface area contributed by atoms with Crippen LogP contribution in [-0.2, 0) is 14.3 Å². The highest BCUT2D eigenvalue weighted by atomic mass is 16.6. The van der Waals surface area contributed by atoms with E-state index in [4.69, 9.17) is 9.47 Å². The molecule has 26 heavy (non-hydrogen) atoms. The summed E-state index contributed by atoms with van der Waals surface area (Å²) in [4.78, 5) is 25.1. The van der Waals surface area contributed by atoms with Crippen molar-refractivity contribution in [1.82, 2.24) is 9.97 Å². The van der Waals surface area contributed by atoms with Gasteiger partial charge in [-0.15, -0.1) is 0 Å². The fourth-order valence-corrected chi connectivity index (χ4v) is 3.45. The van der Waals surface area contributed by atoms with Gasteiger partial charge in [-0.2, -0.15) is 0 Å². The van der Waals surface area contributed by atoms with Crippen molar-refractivity contribution in [2.45, 2.75) is 12.5 Å². The molecule has 0 aromatic carbocycles. The first-order valence-corrected chi connectivity index (χ1v) is 8.76. The number of rotatable bonds is 2. The van der Waals surface area contributed by atoms with Gasteiger partial charge in [-0.25, -0.2) is 4.98 Å². The zero-order valence-electron chi connectivity index (χ0n) is 14.8. The van der Waals surface area contributed by atoms with Gasteiger partial charge in [-0.3, -0.25) is 9.78 Å². The van der Waals surface area contributed by atoms with E-state index in [1.807, 2.05) is 37.3 Å². The van der Waals surface area contributed by atoms with E-state index in [2.05, 4.69) is 14.9 Å². The molecule has 2 saturated heterocycles. The molecule has 4 heterocycles. The number of pyridine rings is 2. The number of ether oxygens (including phenoxy) is 2. The third-order valence-electron chi connectivity index (χ3n) is 4.75. The minimum absolute atomic E-state index is 0.0351. The summed E-state index contributed by atoms with van der Waals surface area (Å²) in [5.41, 5.74) is 1.16. The van der Waals surface area contributed by atoms with Gasteiger partial charge in [-0.1, -0.05) is 6.07 Å². The number of anilines is 2. The van der Waals surface area contributed by atoms with Crippen molar-refractivity contribution in [2.24, 2.45) is 0 Å². The molecule has 2 aliphatic rings. The Labute approximate surface area is 152 Å². The van der Waals surface area contributed by atoms with E-state index < -0.39 is 5.60 Å². The predicted molar refractivity (Wildman–Crippen MR) is 97.3 cm³/mol. The summed E-state index contributed by atoms with van der Waals surface area (Å²) in [5.74, 6) is 0.844. The highest BCUT2D eigenvalue weighted by Crippen LogP contribution is 2.28. The number of hydrogen-bond donors (Lipinski definition) is 0. The summed E-state index contributed by atoms with van der Waals surface area (Å²) < 4.78 is 11.9. The minimum Gasteiger partial charge on any atom is -0.376 e. The lowest BCUT2D eigenvalue weighted by molar-refractivity contribution is -0.143. The van der Waals surface area contributed by atoms with Crippen LogP contribution in [-0.4, -0.2) is 60.9 Å². The van der Waals surface area contributed by atoms with Crippen LogP contribution in [0.5, 0.6) is 0 Å². The Kier molecular flexibility index (Phi) is 4.57. The molecule has 7 nitrogen and oxygen atoms in total. The molecule has 2 fully saturated rings. The Hall–Kier alpha value is -2.51. The van der Waals surface area contributed by atoms with Crippen molar-refractivity contribution in [3.63, 3.8) is 0 Å². The van der Waals surface area contributed by atoms with Crippen molar-refractivity contribution in [3.8, 4) is 0 Å². The van der Waals surface area contributed by atoms with Crippen LogP contribution in [0.25, 0.3) is 0 Å². The van der Waals surface area contributed by atoms with Crippen molar-refractivity contribution in [1.29, 1.82) is 0 Å². The second-order valence-corrected chi connectivity index (χ2v) is 6.77. The number of hydrogen-bond acceptors (Lipinski definition) is 6. The molecule has 4 rings (SSSR count). The Morgan fingerprint density at radius 1 is 1.19 bits per heavy atom. The lowest BCUT2D eigenvalue weighted by Gasteiger charge is -2.43. The summed E-state index contributed by atoms with van der Waals surface area (Å²) in [7, 11) is 0. The van der Waals surface area contributed by atoms with Gasteiger partial charge in [0.15, 0.2) is 0 Å². The maximum absolute atomic E-state index is 12.4. The van der Waals surface area contributed by atoms with E-state index in [1.54, 1.807) is 17.3 Å². The molecular formula is C19H22N4O3. The first-order valence-electron chi connectivity index (χ1n) is 8.76. The smallest absolute Gasteiger partial charge is 0.253 e. The van der Waals surface area contributed by atoms with Crippen molar-refractivity contribution in [2.75, 3.05) is 49.3 Å². The van der Waals surface area contributed by atoms with Crippen molar-refractivity contribution >= 4 is 17.4 Å². The molecule has 1 spiro atoms. The molecule has 0 unspecified atom stereocenters. The number of carbonyl (C=O) groups is 1. The largest absolute Gasteiger partial charge is 0.376 e. The van der Waals surface area contributed by atoms with Gasteiger partial charge in [0.1, 0.15) is 18.0 Å². The lowest BCUT2D eigenvalue weighted by atomic mass is 10.0. The SMILES string of the molecule is Cc1cccc(N2CCOC[C@]3(C2)CN(c2cccnc2)C(=O)CO3)n1. The number of aryl methyl sites for hydroxylation is 1. The first-order chi connectivity index (χ1) is 12.7. The van der Waals surface area contributed by atoms with Gasteiger partial charge < -0.3 is 19.3 Å². The van der Waals surface area contributed by atoms with E-state index in [1.165, 1.54) is 0 Å². The zero-order chi connectivity index (χ0) is 18.0. The van der Waals surface area contributed by atoms with Crippen LogP contribution >= 0.6 is 0 Å². The average molecular weight is 354 g/mol. The standard InChI is InChI=1S/C19H22N4O3/c1-15-4-2-6-17(21-15)22-8-9-25-14-19(12-22)13-23(18(24)11-26-19)16-5-3-7-20-10-16/h2-7,10H,8-9,11-14H2,1H3/t19-/m0/s1. The average Bonchev–Trinajstić information content (AvgIpc) is 2.88. The van der Waals surface area contributed by atoms with Gasteiger partial charge in [-0.05, 0) is 31.2 Å². The molecule has 2 aromatic rings. The topological polar surface area (TPSA) is 67.8 Å². The lowest BCUT2D eigenvalue weighted by Crippen LogP contribution is -2.61. The second kappa shape index (κ2) is 7.01. The molecule has 0 saturated carbocycles. The molecular weight excluding hydrogens is 332 g/mol. The fraction of sp³-hybridized carbons (Fsp3) is 0.421. The van der Waals surface area contributed by atoms with Crippen LogP contribution in [0.15, 0.2) is 42.7 Å². The summed E-state index contributed by atoms with van der Waals surface area (Å²) in [5, 5.41) is 0. The van der Waals surface area contributed by atoms with Crippen LogP contribution < -0.4 is 9.80 Å². The molecule has 0 bridgehead atoms. The molecule has 0 N–H and O–H groups in total. The molecule has 1 atom stereocenters. The number of nitrogens with zero attached hydrogens (tertiary/aromatic N) is 4. The van der Waals surface area contributed by atoms with Crippen LogP contribution in [0.2, 0.25) is 0 Å². The quantitative estimate of drug-likeness (QED) is 0.813. The van der Waals surface area contributed by atoms with Crippen LogP contribution in [0, 0.1) is 6.92 Å². The van der Waals surface area contributed by atoms with Crippen molar-refractivity contribution in [3.05, 3.63) is 48.4 Å². The van der Waals surface area contributed by atoms with Crippen LogP contribution in [0.3, 0.4) is 0 Å². The Morgan fingerprint density at radius 2 is 2.12 bits per heavy atom. The Bertz CT molecular complexity index is 785. The van der Waals surface area contributed by atoms with Gasteiger partial charge in [0, 0.05) is 18.4 Å². The highest BCUT2D eigenvalue weighted by molar-refractivity contribution is 5.95. The minimum atomic E-state index is -0.592. The number of aromatic nitrogens is 2. The summed E-state index contributed by atoms with van der Waals surface area (Å²) >= 11 is 0. The van der Waals surface area contributed by atoms with E-state index in [0.717, 1.165) is 23.7 Å². The van der Waals surface area contributed by atoms with Crippen molar-refractivity contribution < 1.29 is 14.3 Å². The third-order valence-corrected chi connectivity index (χ3v) is 4.75. The second-order valence-electron chi connectivity index (χ2n) is 6.77. The molecule has 2 aliphatic heterocycles. The van der Waals surface area contributed by atoms with Gasteiger partial charge in [0.2, 0.25) is 0 Å². The van der Waals surface area contributed by atoms with Gasteiger partial charge >= 0.3 is 0 Å².